The Morgan fingerprint density at radius 1 is 0.833 bits per heavy atom. The van der Waals surface area contributed by atoms with E-state index in [0.29, 0.717) is 45.8 Å². The van der Waals surface area contributed by atoms with E-state index >= 15 is 0 Å². The van der Waals surface area contributed by atoms with Crippen molar-refractivity contribution in [2.45, 2.75) is 31.0 Å². The molecule has 0 amide bonds. The largest absolute Gasteiger partial charge is 0.390 e. The standard InChI is InChI=1S/C31H24Cl2N8O/c32-22-9-7-17(12-23(22)33)14-35-29-20-8-10-24(40-30(20)38-16-37-29)21-13-18-4-1-2-5-19(18)26(28(21)42)41-31-27-25(36-15-39-31)6-3-11-34-27/h1-12,15-16,21,26,28,42H,13-14H2,(H,36,39,41)(H,35,37,38,40). The smallest absolute Gasteiger partial charge is 0.164 e. The van der Waals surface area contributed by atoms with Gasteiger partial charge in [0.15, 0.2) is 11.5 Å². The van der Waals surface area contributed by atoms with Gasteiger partial charge < -0.3 is 15.7 Å². The third-order valence-corrected chi connectivity index (χ3v) is 8.35. The van der Waals surface area contributed by atoms with Gasteiger partial charge in [0.2, 0.25) is 0 Å². The highest BCUT2D eigenvalue weighted by atomic mass is 35.5. The van der Waals surface area contributed by atoms with Crippen molar-refractivity contribution in [3.05, 3.63) is 118 Å². The average Bonchev–Trinajstić information content (AvgIpc) is 3.02. The lowest BCUT2D eigenvalue weighted by Gasteiger charge is -2.37. The van der Waals surface area contributed by atoms with Gasteiger partial charge in [0.05, 0.1) is 33.1 Å². The minimum absolute atomic E-state index is 0.287. The van der Waals surface area contributed by atoms with Gasteiger partial charge in [0, 0.05) is 24.4 Å². The third kappa shape index (κ3) is 4.96. The molecule has 9 nitrogen and oxygen atoms in total. The molecule has 0 radical (unpaired) electrons. The number of fused-ring (bicyclic) bond motifs is 3. The highest BCUT2D eigenvalue weighted by Crippen LogP contribution is 2.41. The van der Waals surface area contributed by atoms with E-state index < -0.39 is 12.1 Å². The number of anilines is 2. The van der Waals surface area contributed by atoms with E-state index in [9.17, 15) is 5.11 Å². The molecule has 0 saturated carbocycles. The fourth-order valence-corrected chi connectivity index (χ4v) is 5.85. The molecule has 208 valence electrons. The summed E-state index contributed by atoms with van der Waals surface area (Å²) in [6.45, 7) is 0.503. The highest BCUT2D eigenvalue weighted by Gasteiger charge is 2.37. The fraction of sp³-hybridized carbons (Fsp3) is 0.161. The molecule has 2 aromatic carbocycles. The molecule has 0 saturated heterocycles. The van der Waals surface area contributed by atoms with Crippen molar-refractivity contribution >= 4 is 56.9 Å². The summed E-state index contributed by atoms with van der Waals surface area (Å²) < 4.78 is 0. The molecule has 42 heavy (non-hydrogen) atoms. The molecule has 4 aromatic heterocycles. The molecule has 0 aliphatic heterocycles. The molecule has 3 N–H and O–H groups in total. The van der Waals surface area contributed by atoms with Crippen molar-refractivity contribution in [1.82, 2.24) is 29.9 Å². The summed E-state index contributed by atoms with van der Waals surface area (Å²) >= 11 is 12.2. The molecule has 0 spiro atoms. The summed E-state index contributed by atoms with van der Waals surface area (Å²) in [6.07, 6.45) is 4.53. The van der Waals surface area contributed by atoms with Crippen molar-refractivity contribution in [2.24, 2.45) is 0 Å². The Labute approximate surface area is 251 Å². The lowest BCUT2D eigenvalue weighted by atomic mass is 9.76. The molecule has 1 aliphatic rings. The van der Waals surface area contributed by atoms with Crippen LogP contribution in [-0.4, -0.2) is 41.1 Å². The maximum atomic E-state index is 11.8. The SMILES string of the molecule is OC1C(c2ccc3c(NCc4ccc(Cl)c(Cl)c4)ncnc3n2)Cc2ccccc2C1Nc1ncnc2cccnc12. The summed E-state index contributed by atoms with van der Waals surface area (Å²) in [7, 11) is 0. The van der Waals surface area contributed by atoms with Crippen LogP contribution in [0.2, 0.25) is 10.0 Å². The number of nitrogens with one attached hydrogen (secondary N) is 2. The van der Waals surface area contributed by atoms with Crippen LogP contribution in [0.4, 0.5) is 11.6 Å². The van der Waals surface area contributed by atoms with Crippen LogP contribution in [0, 0.1) is 0 Å². The number of aliphatic hydroxyl groups is 1. The molecule has 4 heterocycles. The molecular formula is C31H24Cl2N8O. The molecule has 0 fully saturated rings. The summed E-state index contributed by atoms with van der Waals surface area (Å²) in [5.41, 5.74) is 5.77. The van der Waals surface area contributed by atoms with Crippen LogP contribution < -0.4 is 10.6 Å². The first kappa shape index (κ1) is 26.5. The lowest BCUT2D eigenvalue weighted by molar-refractivity contribution is 0.112. The van der Waals surface area contributed by atoms with E-state index in [0.717, 1.165) is 33.3 Å². The Morgan fingerprint density at radius 2 is 1.69 bits per heavy atom. The number of hydrogen-bond acceptors (Lipinski definition) is 9. The van der Waals surface area contributed by atoms with Gasteiger partial charge in [-0.3, -0.25) is 4.98 Å². The number of rotatable bonds is 6. The summed E-state index contributed by atoms with van der Waals surface area (Å²) in [4.78, 5) is 27.0. The van der Waals surface area contributed by atoms with Gasteiger partial charge in [-0.05, 0) is 59.5 Å². The van der Waals surface area contributed by atoms with E-state index in [2.05, 4.69) is 41.6 Å². The molecule has 11 heteroatoms. The number of benzene rings is 2. The first-order valence-electron chi connectivity index (χ1n) is 13.4. The Morgan fingerprint density at radius 3 is 2.60 bits per heavy atom. The lowest BCUT2D eigenvalue weighted by Crippen LogP contribution is -2.37. The number of aliphatic hydroxyl groups excluding tert-OH is 1. The molecule has 3 atom stereocenters. The number of aromatic nitrogens is 6. The van der Waals surface area contributed by atoms with Gasteiger partial charge >= 0.3 is 0 Å². The molecule has 6 aromatic rings. The van der Waals surface area contributed by atoms with Crippen LogP contribution >= 0.6 is 23.2 Å². The van der Waals surface area contributed by atoms with Crippen molar-refractivity contribution in [1.29, 1.82) is 0 Å². The van der Waals surface area contributed by atoms with Crippen LogP contribution in [0.1, 0.15) is 34.3 Å². The van der Waals surface area contributed by atoms with Crippen molar-refractivity contribution in [3.63, 3.8) is 0 Å². The van der Waals surface area contributed by atoms with Gasteiger partial charge in [-0.2, -0.15) is 0 Å². The minimum atomic E-state index is -0.798. The first-order chi connectivity index (χ1) is 20.5. The van der Waals surface area contributed by atoms with Crippen molar-refractivity contribution in [3.8, 4) is 0 Å². The Hall–Kier alpha value is -4.44. The molecule has 3 unspecified atom stereocenters. The van der Waals surface area contributed by atoms with Crippen LogP contribution in [0.25, 0.3) is 22.1 Å². The second-order valence-corrected chi connectivity index (χ2v) is 11.0. The second kappa shape index (κ2) is 11.1. The van der Waals surface area contributed by atoms with Crippen LogP contribution in [0.5, 0.6) is 0 Å². The fourth-order valence-electron chi connectivity index (χ4n) is 5.53. The van der Waals surface area contributed by atoms with Gasteiger partial charge in [-0.1, -0.05) is 53.5 Å². The molecule has 1 aliphatic carbocycles. The Bertz CT molecular complexity index is 1930. The summed E-state index contributed by atoms with van der Waals surface area (Å²) in [5, 5.41) is 20.4. The number of halogens is 2. The van der Waals surface area contributed by atoms with E-state index in [4.69, 9.17) is 28.2 Å². The van der Waals surface area contributed by atoms with Gasteiger partial charge in [0.1, 0.15) is 24.0 Å². The second-order valence-electron chi connectivity index (χ2n) is 10.1. The zero-order chi connectivity index (χ0) is 28.6. The highest BCUT2D eigenvalue weighted by molar-refractivity contribution is 6.42. The maximum Gasteiger partial charge on any atom is 0.164 e. The van der Waals surface area contributed by atoms with E-state index in [1.165, 1.54) is 12.7 Å². The van der Waals surface area contributed by atoms with Gasteiger partial charge in [-0.25, -0.2) is 24.9 Å². The predicted octanol–water partition coefficient (Wildman–Crippen LogP) is 6.14. The van der Waals surface area contributed by atoms with Crippen LogP contribution in [0.3, 0.4) is 0 Å². The first-order valence-corrected chi connectivity index (χ1v) is 14.2. The topological polar surface area (TPSA) is 122 Å². The van der Waals surface area contributed by atoms with Gasteiger partial charge in [0.25, 0.3) is 0 Å². The normalized spacial score (nSPS) is 18.1. The molecule has 7 rings (SSSR count). The zero-order valence-electron chi connectivity index (χ0n) is 22.1. The number of nitrogens with zero attached hydrogens (tertiary/aromatic N) is 6. The Balaban J connectivity index is 1.20. The number of hydrogen-bond donors (Lipinski definition) is 3. The van der Waals surface area contributed by atoms with E-state index in [1.54, 1.807) is 12.3 Å². The van der Waals surface area contributed by atoms with Crippen molar-refractivity contribution in [2.75, 3.05) is 10.6 Å². The molecule has 0 bridgehead atoms. The van der Waals surface area contributed by atoms with E-state index in [1.807, 2.05) is 54.6 Å². The summed E-state index contributed by atoms with van der Waals surface area (Å²) in [5.74, 6) is 0.935. The van der Waals surface area contributed by atoms with Crippen molar-refractivity contribution < 1.29 is 5.11 Å². The summed E-state index contributed by atoms with van der Waals surface area (Å²) in [6, 6.07) is 20.8. The van der Waals surface area contributed by atoms with Gasteiger partial charge in [-0.15, -0.1) is 0 Å². The quantitative estimate of drug-likeness (QED) is 0.209. The van der Waals surface area contributed by atoms with Crippen LogP contribution in [0.15, 0.2) is 85.6 Å². The molecular weight excluding hydrogens is 571 g/mol. The third-order valence-electron chi connectivity index (χ3n) is 7.61. The number of pyridine rings is 2. The average molecular weight is 595 g/mol. The Kier molecular flexibility index (Phi) is 6.99. The predicted molar refractivity (Wildman–Crippen MR) is 164 cm³/mol. The monoisotopic (exact) mass is 594 g/mol. The zero-order valence-corrected chi connectivity index (χ0v) is 23.6. The van der Waals surface area contributed by atoms with E-state index in [-0.39, 0.29) is 5.92 Å². The maximum absolute atomic E-state index is 11.8. The van der Waals surface area contributed by atoms with Crippen LogP contribution in [-0.2, 0) is 13.0 Å². The minimum Gasteiger partial charge on any atom is -0.390 e.